The number of carbonyl (C=O) groups is 1. The van der Waals surface area contributed by atoms with Gasteiger partial charge < -0.3 is 4.90 Å². The van der Waals surface area contributed by atoms with Gasteiger partial charge in [0.1, 0.15) is 0 Å². The zero-order chi connectivity index (χ0) is 19.8. The highest BCUT2D eigenvalue weighted by atomic mass is 32.2. The Morgan fingerprint density at radius 3 is 2.30 bits per heavy atom. The number of likely N-dealkylation sites (N-methyl/N-ethyl adjacent to an activating group) is 1. The van der Waals surface area contributed by atoms with E-state index in [0.717, 1.165) is 17.5 Å². The number of amides is 1. The van der Waals surface area contributed by atoms with Crippen LogP contribution in [0.15, 0.2) is 41.3 Å². The smallest absolute Gasteiger partial charge is 0.243 e. The SMILES string of the molecule is Cc1cc(C)c(S(=O)(=O)N(C)CC(=O)N2CCc3ccccc3C2)c(C)c1. The monoisotopic (exact) mass is 386 g/mol. The molecule has 6 heteroatoms. The fraction of sp³-hybridized carbons (Fsp3) is 0.381. The van der Waals surface area contributed by atoms with Crippen LogP contribution in [0.4, 0.5) is 0 Å². The van der Waals surface area contributed by atoms with Crippen molar-refractivity contribution in [2.45, 2.75) is 38.6 Å². The van der Waals surface area contributed by atoms with Crippen LogP contribution in [0.3, 0.4) is 0 Å². The van der Waals surface area contributed by atoms with Crippen molar-refractivity contribution in [3.63, 3.8) is 0 Å². The third-order valence-corrected chi connectivity index (χ3v) is 7.22. The average Bonchev–Trinajstić information content (AvgIpc) is 2.60. The van der Waals surface area contributed by atoms with Crippen LogP contribution >= 0.6 is 0 Å². The topological polar surface area (TPSA) is 57.7 Å². The second kappa shape index (κ2) is 7.44. The molecule has 0 fully saturated rings. The Kier molecular flexibility index (Phi) is 5.40. The minimum atomic E-state index is -3.73. The summed E-state index contributed by atoms with van der Waals surface area (Å²) in [6.07, 6.45) is 0.800. The van der Waals surface area contributed by atoms with Gasteiger partial charge in [0.2, 0.25) is 15.9 Å². The number of hydrogen-bond acceptors (Lipinski definition) is 3. The van der Waals surface area contributed by atoms with Crippen LogP contribution in [0.25, 0.3) is 0 Å². The molecule has 1 aliphatic rings. The normalized spacial score (nSPS) is 14.3. The van der Waals surface area contributed by atoms with Crippen molar-refractivity contribution in [3.05, 3.63) is 64.2 Å². The molecule has 0 saturated carbocycles. The third-order valence-electron chi connectivity index (χ3n) is 5.11. The van der Waals surface area contributed by atoms with Gasteiger partial charge in [0.15, 0.2) is 0 Å². The molecule has 0 aliphatic carbocycles. The fourth-order valence-electron chi connectivity index (χ4n) is 3.81. The highest BCUT2D eigenvalue weighted by Crippen LogP contribution is 2.25. The summed E-state index contributed by atoms with van der Waals surface area (Å²) in [4.78, 5) is 14.8. The molecule has 2 aromatic carbocycles. The standard InChI is InChI=1S/C21H26N2O3S/c1-15-11-16(2)21(17(3)12-15)27(25,26)22(4)14-20(24)23-10-9-18-7-5-6-8-19(18)13-23/h5-8,11-12H,9-10,13-14H2,1-4H3. The fourth-order valence-corrected chi connectivity index (χ4v) is 5.34. The molecule has 0 saturated heterocycles. The first-order valence-corrected chi connectivity index (χ1v) is 10.5. The van der Waals surface area contributed by atoms with Gasteiger partial charge in [-0.05, 0) is 49.4 Å². The molecular formula is C21H26N2O3S. The van der Waals surface area contributed by atoms with E-state index in [0.29, 0.717) is 29.1 Å². The Bertz CT molecular complexity index is 960. The predicted octanol–water partition coefficient (Wildman–Crippen LogP) is 2.82. The summed E-state index contributed by atoms with van der Waals surface area (Å²) in [5.74, 6) is -0.169. The number of aryl methyl sites for hydroxylation is 3. The van der Waals surface area contributed by atoms with Crippen molar-refractivity contribution >= 4 is 15.9 Å². The summed E-state index contributed by atoms with van der Waals surface area (Å²) in [6, 6.07) is 11.8. The van der Waals surface area contributed by atoms with Crippen LogP contribution in [0.5, 0.6) is 0 Å². The Morgan fingerprint density at radius 1 is 1.07 bits per heavy atom. The number of benzene rings is 2. The Hall–Kier alpha value is -2.18. The van der Waals surface area contributed by atoms with Crippen LogP contribution in [-0.4, -0.2) is 43.7 Å². The number of carbonyl (C=O) groups excluding carboxylic acids is 1. The van der Waals surface area contributed by atoms with Gasteiger partial charge in [-0.3, -0.25) is 4.79 Å². The predicted molar refractivity (Wildman–Crippen MR) is 106 cm³/mol. The van der Waals surface area contributed by atoms with E-state index in [4.69, 9.17) is 0 Å². The van der Waals surface area contributed by atoms with E-state index in [9.17, 15) is 13.2 Å². The largest absolute Gasteiger partial charge is 0.337 e. The van der Waals surface area contributed by atoms with Crippen molar-refractivity contribution < 1.29 is 13.2 Å². The number of sulfonamides is 1. The van der Waals surface area contributed by atoms with Crippen molar-refractivity contribution in [2.24, 2.45) is 0 Å². The van der Waals surface area contributed by atoms with Gasteiger partial charge in [-0.2, -0.15) is 4.31 Å². The molecule has 0 atom stereocenters. The molecule has 1 amide bonds. The van der Waals surface area contributed by atoms with Crippen molar-refractivity contribution in [1.29, 1.82) is 0 Å². The number of hydrogen-bond donors (Lipinski definition) is 0. The molecule has 1 aliphatic heterocycles. The van der Waals surface area contributed by atoms with Crippen molar-refractivity contribution in [3.8, 4) is 0 Å². The Morgan fingerprint density at radius 2 is 1.67 bits per heavy atom. The maximum atomic E-state index is 13.1. The zero-order valence-corrected chi connectivity index (χ0v) is 17.1. The Balaban J connectivity index is 1.77. The third kappa shape index (κ3) is 3.92. The van der Waals surface area contributed by atoms with Crippen LogP contribution in [0.2, 0.25) is 0 Å². The number of rotatable bonds is 4. The van der Waals surface area contributed by atoms with Crippen molar-refractivity contribution in [2.75, 3.05) is 20.1 Å². The highest BCUT2D eigenvalue weighted by Gasteiger charge is 2.29. The van der Waals surface area contributed by atoms with Gasteiger partial charge in [0.05, 0.1) is 11.4 Å². The summed E-state index contributed by atoms with van der Waals surface area (Å²) in [7, 11) is -2.25. The Labute approximate surface area is 161 Å². The van der Waals surface area contributed by atoms with E-state index >= 15 is 0 Å². The molecular weight excluding hydrogens is 360 g/mol. The van der Waals surface area contributed by atoms with Gasteiger partial charge in [0, 0.05) is 20.1 Å². The summed E-state index contributed by atoms with van der Waals surface area (Å²) in [6.45, 7) is 6.53. The molecule has 0 radical (unpaired) electrons. The van der Waals surface area contributed by atoms with E-state index in [2.05, 4.69) is 6.07 Å². The lowest BCUT2D eigenvalue weighted by molar-refractivity contribution is -0.132. The highest BCUT2D eigenvalue weighted by molar-refractivity contribution is 7.89. The molecule has 27 heavy (non-hydrogen) atoms. The van der Waals surface area contributed by atoms with Gasteiger partial charge >= 0.3 is 0 Å². The average molecular weight is 387 g/mol. The first-order chi connectivity index (χ1) is 12.7. The van der Waals surface area contributed by atoms with Crippen LogP contribution in [0, 0.1) is 20.8 Å². The molecule has 1 heterocycles. The molecule has 0 bridgehead atoms. The minimum Gasteiger partial charge on any atom is -0.337 e. The summed E-state index contributed by atoms with van der Waals surface area (Å²) < 4.78 is 27.3. The molecule has 2 aromatic rings. The van der Waals surface area contributed by atoms with E-state index < -0.39 is 10.0 Å². The maximum Gasteiger partial charge on any atom is 0.243 e. The second-order valence-electron chi connectivity index (χ2n) is 7.32. The van der Waals surface area contributed by atoms with Crippen molar-refractivity contribution in [1.82, 2.24) is 9.21 Å². The maximum absolute atomic E-state index is 13.1. The lowest BCUT2D eigenvalue weighted by Crippen LogP contribution is -2.43. The lowest BCUT2D eigenvalue weighted by atomic mass is 10.00. The molecule has 144 valence electrons. The molecule has 0 N–H and O–H groups in total. The quantitative estimate of drug-likeness (QED) is 0.812. The second-order valence-corrected chi connectivity index (χ2v) is 9.30. The van der Waals surface area contributed by atoms with Gasteiger partial charge in [-0.1, -0.05) is 42.0 Å². The molecule has 0 aromatic heterocycles. The van der Waals surface area contributed by atoms with E-state index in [1.54, 1.807) is 18.7 Å². The summed E-state index contributed by atoms with van der Waals surface area (Å²) in [5.41, 5.74) is 4.83. The molecule has 5 nitrogen and oxygen atoms in total. The van der Waals surface area contributed by atoms with E-state index in [-0.39, 0.29) is 12.5 Å². The van der Waals surface area contributed by atoms with Crippen LogP contribution in [-0.2, 0) is 27.8 Å². The van der Waals surface area contributed by atoms with Gasteiger partial charge in [-0.25, -0.2) is 8.42 Å². The van der Waals surface area contributed by atoms with E-state index in [1.165, 1.54) is 16.9 Å². The lowest BCUT2D eigenvalue weighted by Gasteiger charge is -2.30. The first-order valence-electron chi connectivity index (χ1n) is 9.09. The van der Waals surface area contributed by atoms with Gasteiger partial charge in [-0.15, -0.1) is 0 Å². The molecule has 0 spiro atoms. The molecule has 3 rings (SSSR count). The van der Waals surface area contributed by atoms with Crippen LogP contribution < -0.4 is 0 Å². The first kappa shape index (κ1) is 19.6. The summed E-state index contributed by atoms with van der Waals surface area (Å²) in [5, 5.41) is 0. The summed E-state index contributed by atoms with van der Waals surface area (Å²) >= 11 is 0. The number of fused-ring (bicyclic) bond motifs is 1. The minimum absolute atomic E-state index is 0.155. The number of nitrogens with zero attached hydrogens (tertiary/aromatic N) is 2. The zero-order valence-electron chi connectivity index (χ0n) is 16.3. The van der Waals surface area contributed by atoms with Crippen LogP contribution in [0.1, 0.15) is 27.8 Å². The molecule has 0 unspecified atom stereocenters. The van der Waals surface area contributed by atoms with Gasteiger partial charge in [0.25, 0.3) is 0 Å². The van der Waals surface area contributed by atoms with E-state index in [1.807, 2.05) is 37.3 Å².